The number of hydrogen-bond donors (Lipinski definition) is 2. The van der Waals surface area contributed by atoms with E-state index in [4.69, 9.17) is 16.3 Å². The fraction of sp³-hybridized carbons (Fsp3) is 0.429. The van der Waals surface area contributed by atoms with Gasteiger partial charge in [0.15, 0.2) is 6.10 Å². The second kappa shape index (κ2) is 8.85. The molecule has 1 rings (SSSR count). The monoisotopic (exact) mass is 362 g/mol. The number of esters is 1. The van der Waals surface area contributed by atoms with Gasteiger partial charge in [-0.2, -0.15) is 0 Å². The highest BCUT2D eigenvalue weighted by molar-refractivity contribution is 7.89. The van der Waals surface area contributed by atoms with Crippen molar-refractivity contribution >= 4 is 33.5 Å². The van der Waals surface area contributed by atoms with Crippen LogP contribution in [-0.4, -0.2) is 39.5 Å². The molecule has 0 aliphatic rings. The number of hydrogen-bond acceptors (Lipinski definition) is 5. The molecule has 9 heteroatoms. The van der Waals surface area contributed by atoms with Gasteiger partial charge in [-0.25, -0.2) is 13.1 Å². The Kier molecular flexibility index (Phi) is 7.47. The largest absolute Gasteiger partial charge is 0.453 e. The van der Waals surface area contributed by atoms with E-state index in [1.807, 2.05) is 0 Å². The summed E-state index contributed by atoms with van der Waals surface area (Å²) in [7, 11) is -3.72. The summed E-state index contributed by atoms with van der Waals surface area (Å²) in [4.78, 5) is 23.0. The molecule has 0 aliphatic heterocycles. The van der Waals surface area contributed by atoms with Gasteiger partial charge in [-0.1, -0.05) is 11.6 Å². The number of sulfonamides is 1. The number of ether oxygens (including phenoxy) is 1. The van der Waals surface area contributed by atoms with E-state index < -0.39 is 28.0 Å². The van der Waals surface area contributed by atoms with E-state index in [-0.39, 0.29) is 17.9 Å². The summed E-state index contributed by atoms with van der Waals surface area (Å²) in [5, 5.41) is 2.94. The molecule has 7 nitrogen and oxygen atoms in total. The lowest BCUT2D eigenvalue weighted by Crippen LogP contribution is -2.36. The number of carbonyl (C=O) groups excluding carboxylic acids is 2. The molecular weight excluding hydrogens is 344 g/mol. The summed E-state index contributed by atoms with van der Waals surface area (Å²) in [5.41, 5.74) is 0. The van der Waals surface area contributed by atoms with E-state index in [9.17, 15) is 18.0 Å². The SMILES string of the molecule is CCNC(=O)[C@H](C)OC(=O)CCNS(=O)(=O)c1ccc(Cl)cc1. The summed E-state index contributed by atoms with van der Waals surface area (Å²) in [5.74, 6) is -1.06. The molecule has 1 aromatic carbocycles. The summed E-state index contributed by atoms with van der Waals surface area (Å²) in [6, 6.07) is 5.64. The molecule has 1 aromatic rings. The van der Waals surface area contributed by atoms with E-state index in [0.717, 1.165) is 0 Å². The van der Waals surface area contributed by atoms with Crippen LogP contribution in [0.15, 0.2) is 29.2 Å². The number of rotatable bonds is 8. The van der Waals surface area contributed by atoms with Crippen molar-refractivity contribution in [1.29, 1.82) is 0 Å². The van der Waals surface area contributed by atoms with Gasteiger partial charge in [-0.05, 0) is 38.1 Å². The summed E-state index contributed by atoms with van der Waals surface area (Å²) >= 11 is 5.69. The highest BCUT2D eigenvalue weighted by Gasteiger charge is 2.18. The average molecular weight is 363 g/mol. The first-order chi connectivity index (χ1) is 10.8. The Balaban J connectivity index is 2.45. The zero-order valence-corrected chi connectivity index (χ0v) is 14.4. The van der Waals surface area contributed by atoms with Crippen LogP contribution in [0.3, 0.4) is 0 Å². The second-order valence-electron chi connectivity index (χ2n) is 4.63. The van der Waals surface area contributed by atoms with Crippen molar-refractivity contribution in [1.82, 2.24) is 10.0 Å². The number of nitrogens with one attached hydrogen (secondary N) is 2. The molecule has 128 valence electrons. The highest BCUT2D eigenvalue weighted by Crippen LogP contribution is 2.13. The molecule has 1 atom stereocenters. The highest BCUT2D eigenvalue weighted by atomic mass is 35.5. The Morgan fingerprint density at radius 3 is 2.43 bits per heavy atom. The van der Waals surface area contributed by atoms with Crippen LogP contribution in [-0.2, 0) is 24.3 Å². The minimum Gasteiger partial charge on any atom is -0.453 e. The first-order valence-electron chi connectivity index (χ1n) is 6.98. The molecule has 0 unspecified atom stereocenters. The number of amides is 1. The minimum atomic E-state index is -3.72. The number of likely N-dealkylation sites (N-methyl/N-ethyl adjacent to an activating group) is 1. The normalized spacial score (nSPS) is 12.5. The predicted octanol–water partition coefficient (Wildman–Crippen LogP) is 1.08. The molecule has 0 bridgehead atoms. The van der Waals surface area contributed by atoms with Crippen LogP contribution in [0.2, 0.25) is 5.02 Å². The Bertz CT molecular complexity index is 646. The van der Waals surface area contributed by atoms with Gasteiger partial charge in [0.2, 0.25) is 10.0 Å². The summed E-state index contributed by atoms with van der Waals surface area (Å²) in [6.45, 7) is 3.49. The molecule has 0 spiro atoms. The van der Waals surface area contributed by atoms with Crippen molar-refractivity contribution < 1.29 is 22.7 Å². The molecule has 0 saturated heterocycles. The zero-order valence-electron chi connectivity index (χ0n) is 12.8. The van der Waals surface area contributed by atoms with Gasteiger partial charge in [-0.3, -0.25) is 9.59 Å². The first-order valence-corrected chi connectivity index (χ1v) is 8.84. The number of carbonyl (C=O) groups is 2. The third kappa shape index (κ3) is 6.55. The fourth-order valence-corrected chi connectivity index (χ4v) is 2.77. The average Bonchev–Trinajstić information content (AvgIpc) is 2.47. The Hall–Kier alpha value is -1.64. The lowest BCUT2D eigenvalue weighted by molar-refractivity contribution is -0.154. The van der Waals surface area contributed by atoms with Crippen LogP contribution in [0.1, 0.15) is 20.3 Å². The van der Waals surface area contributed by atoms with E-state index in [0.29, 0.717) is 11.6 Å². The van der Waals surface area contributed by atoms with Gasteiger partial charge >= 0.3 is 5.97 Å². The number of halogens is 1. The molecular formula is C14H19ClN2O5S. The van der Waals surface area contributed by atoms with Crippen molar-refractivity contribution in [3.8, 4) is 0 Å². The molecule has 0 saturated carbocycles. The second-order valence-corrected chi connectivity index (χ2v) is 6.83. The van der Waals surface area contributed by atoms with Gasteiger partial charge in [0.1, 0.15) is 0 Å². The molecule has 1 amide bonds. The van der Waals surface area contributed by atoms with Gasteiger partial charge in [-0.15, -0.1) is 0 Å². The minimum absolute atomic E-state index is 0.0472. The van der Waals surface area contributed by atoms with Crippen molar-refractivity contribution in [2.75, 3.05) is 13.1 Å². The maximum absolute atomic E-state index is 12.0. The Morgan fingerprint density at radius 1 is 1.26 bits per heavy atom. The summed E-state index contributed by atoms with van der Waals surface area (Å²) < 4.78 is 31.1. The van der Waals surface area contributed by atoms with Crippen LogP contribution >= 0.6 is 11.6 Å². The molecule has 0 aromatic heterocycles. The number of benzene rings is 1. The third-order valence-electron chi connectivity index (χ3n) is 2.77. The van der Waals surface area contributed by atoms with E-state index >= 15 is 0 Å². The van der Waals surface area contributed by atoms with Gasteiger partial charge in [0.25, 0.3) is 5.91 Å². The molecule has 23 heavy (non-hydrogen) atoms. The van der Waals surface area contributed by atoms with Crippen LogP contribution in [0.5, 0.6) is 0 Å². The van der Waals surface area contributed by atoms with Crippen molar-refractivity contribution in [2.24, 2.45) is 0 Å². The maximum atomic E-state index is 12.0. The van der Waals surface area contributed by atoms with E-state index in [1.165, 1.54) is 31.2 Å². The molecule has 0 aliphatic carbocycles. The van der Waals surface area contributed by atoms with Crippen LogP contribution < -0.4 is 10.0 Å². The quantitative estimate of drug-likeness (QED) is 0.674. The lowest BCUT2D eigenvalue weighted by Gasteiger charge is -2.12. The van der Waals surface area contributed by atoms with Crippen molar-refractivity contribution in [3.63, 3.8) is 0 Å². The first kappa shape index (κ1) is 19.4. The van der Waals surface area contributed by atoms with Crippen LogP contribution in [0.4, 0.5) is 0 Å². The molecule has 0 heterocycles. The zero-order chi connectivity index (χ0) is 17.5. The van der Waals surface area contributed by atoms with Crippen LogP contribution in [0, 0.1) is 0 Å². The Morgan fingerprint density at radius 2 is 1.87 bits per heavy atom. The van der Waals surface area contributed by atoms with Crippen molar-refractivity contribution in [3.05, 3.63) is 29.3 Å². The third-order valence-corrected chi connectivity index (χ3v) is 4.50. The fourth-order valence-electron chi connectivity index (χ4n) is 1.61. The van der Waals surface area contributed by atoms with Gasteiger partial charge in [0.05, 0.1) is 11.3 Å². The lowest BCUT2D eigenvalue weighted by atomic mass is 10.3. The Labute approximate surface area is 140 Å². The van der Waals surface area contributed by atoms with Crippen molar-refractivity contribution in [2.45, 2.75) is 31.3 Å². The maximum Gasteiger partial charge on any atom is 0.307 e. The smallest absolute Gasteiger partial charge is 0.307 e. The van der Waals surface area contributed by atoms with Gasteiger partial charge < -0.3 is 10.1 Å². The van der Waals surface area contributed by atoms with Gasteiger partial charge in [0, 0.05) is 18.1 Å². The molecule has 0 fully saturated rings. The summed E-state index contributed by atoms with van der Waals surface area (Å²) in [6.07, 6.45) is -1.10. The standard InChI is InChI=1S/C14H19ClN2O5S/c1-3-16-14(19)10(2)22-13(18)8-9-17-23(20,21)12-6-4-11(15)5-7-12/h4-7,10,17H,3,8-9H2,1-2H3,(H,16,19)/t10-/m0/s1. The topological polar surface area (TPSA) is 102 Å². The van der Waals surface area contributed by atoms with Crippen LogP contribution in [0.25, 0.3) is 0 Å². The van der Waals surface area contributed by atoms with E-state index in [2.05, 4.69) is 10.0 Å². The van der Waals surface area contributed by atoms with E-state index in [1.54, 1.807) is 6.92 Å². The molecule has 0 radical (unpaired) electrons. The molecule has 2 N–H and O–H groups in total. The predicted molar refractivity (Wildman–Crippen MR) is 85.5 cm³/mol.